The first-order chi connectivity index (χ1) is 25.8. The minimum atomic E-state index is 0.729. The molecular formula is C48H30N4. The molecule has 0 amide bonds. The second kappa shape index (κ2) is 11.2. The molecule has 0 spiro atoms. The summed E-state index contributed by atoms with van der Waals surface area (Å²) in [7, 11) is 0. The summed E-state index contributed by atoms with van der Waals surface area (Å²) in [6.07, 6.45) is 0. The van der Waals surface area contributed by atoms with Gasteiger partial charge in [-0.2, -0.15) is 0 Å². The molecule has 0 bridgehead atoms. The van der Waals surface area contributed by atoms with Gasteiger partial charge in [0.2, 0.25) is 0 Å². The van der Waals surface area contributed by atoms with Crippen LogP contribution in [-0.2, 0) is 0 Å². The zero-order valence-electron chi connectivity index (χ0n) is 28.1. The Bertz CT molecular complexity index is 3170. The lowest BCUT2D eigenvalue weighted by Gasteiger charge is -2.12. The van der Waals surface area contributed by atoms with Gasteiger partial charge in [0.25, 0.3) is 0 Å². The Morgan fingerprint density at radius 3 is 1.62 bits per heavy atom. The van der Waals surface area contributed by atoms with Crippen molar-refractivity contribution >= 4 is 65.3 Å². The van der Waals surface area contributed by atoms with Crippen LogP contribution in [0.3, 0.4) is 0 Å². The fourth-order valence-electron chi connectivity index (χ4n) is 8.17. The molecule has 0 atom stereocenters. The highest BCUT2D eigenvalue weighted by Crippen LogP contribution is 2.42. The monoisotopic (exact) mass is 662 g/mol. The van der Waals surface area contributed by atoms with E-state index >= 15 is 0 Å². The molecule has 0 aliphatic rings. The first-order valence-corrected chi connectivity index (χ1v) is 17.7. The Kier molecular flexibility index (Phi) is 6.22. The lowest BCUT2D eigenvalue weighted by Crippen LogP contribution is -1.97. The van der Waals surface area contributed by atoms with Gasteiger partial charge in [-0.1, -0.05) is 127 Å². The predicted molar refractivity (Wildman–Crippen MR) is 217 cm³/mol. The number of nitrogens with zero attached hydrogens (tertiary/aromatic N) is 4. The lowest BCUT2D eigenvalue weighted by molar-refractivity contribution is 1.17. The van der Waals surface area contributed by atoms with Gasteiger partial charge < -0.3 is 9.13 Å². The van der Waals surface area contributed by atoms with Gasteiger partial charge in [-0.25, -0.2) is 9.97 Å². The Morgan fingerprint density at radius 1 is 0.346 bits per heavy atom. The minimum Gasteiger partial charge on any atom is -0.309 e. The molecule has 0 saturated carbocycles. The van der Waals surface area contributed by atoms with Crippen molar-refractivity contribution < 1.29 is 0 Å². The highest BCUT2D eigenvalue weighted by molar-refractivity contribution is 6.29. The molecule has 0 unspecified atom stereocenters. The van der Waals surface area contributed by atoms with Gasteiger partial charge >= 0.3 is 0 Å². The van der Waals surface area contributed by atoms with Crippen LogP contribution in [0.2, 0.25) is 0 Å². The van der Waals surface area contributed by atoms with Crippen LogP contribution in [0.25, 0.3) is 99.3 Å². The SMILES string of the molecule is c1ccc(-c2nc(-c3ccc(-n4c5ccccc5c5c6c7ccccc7n(-c7ccc8ccccc8c7)c6ccc54)cc3)c3ccccc3n2)cc1. The standard InChI is InChI=1S/C48H30N4/c1-2-13-33(14-3-1)48-49-40-19-9-6-16-37(40)47(50-48)32-23-25-35(26-24-32)51-41-20-10-7-17-38(41)45-43(51)28-29-44-46(45)39-18-8-11-21-42(39)52(44)36-27-22-31-12-4-5-15-34(31)30-36/h1-30H. The smallest absolute Gasteiger partial charge is 0.160 e. The number of hydrogen-bond acceptors (Lipinski definition) is 2. The van der Waals surface area contributed by atoms with Gasteiger partial charge in [-0.3, -0.25) is 0 Å². The van der Waals surface area contributed by atoms with Crippen molar-refractivity contribution in [3.8, 4) is 34.0 Å². The van der Waals surface area contributed by atoms with Crippen LogP contribution in [-0.4, -0.2) is 19.1 Å². The summed E-state index contributed by atoms with van der Waals surface area (Å²) in [4.78, 5) is 10.0. The third-order valence-electron chi connectivity index (χ3n) is 10.5. The highest BCUT2D eigenvalue weighted by Gasteiger charge is 2.21. The normalized spacial score (nSPS) is 11.8. The predicted octanol–water partition coefficient (Wildman–Crippen LogP) is 12.3. The maximum atomic E-state index is 5.12. The zero-order chi connectivity index (χ0) is 34.2. The van der Waals surface area contributed by atoms with Crippen LogP contribution in [0.4, 0.5) is 0 Å². The average Bonchev–Trinajstić information content (AvgIpc) is 3.73. The van der Waals surface area contributed by atoms with Crippen LogP contribution in [0.15, 0.2) is 182 Å². The van der Waals surface area contributed by atoms with Crippen LogP contribution < -0.4 is 0 Å². The molecule has 0 saturated heterocycles. The lowest BCUT2D eigenvalue weighted by atomic mass is 10.0. The highest BCUT2D eigenvalue weighted by atomic mass is 15.0. The van der Waals surface area contributed by atoms with Gasteiger partial charge in [0.05, 0.1) is 33.3 Å². The third kappa shape index (κ3) is 4.28. The Labute approximate surface area is 299 Å². The van der Waals surface area contributed by atoms with E-state index < -0.39 is 0 Å². The number of benzene rings is 8. The van der Waals surface area contributed by atoms with Crippen LogP contribution in [0, 0.1) is 0 Å². The fraction of sp³-hybridized carbons (Fsp3) is 0. The average molecular weight is 663 g/mol. The number of para-hydroxylation sites is 3. The molecule has 3 aromatic heterocycles. The van der Waals surface area contributed by atoms with E-state index in [4.69, 9.17) is 9.97 Å². The summed E-state index contributed by atoms with van der Waals surface area (Å²) in [5, 5.41) is 8.54. The van der Waals surface area contributed by atoms with Gasteiger partial charge in [0.1, 0.15) is 0 Å². The topological polar surface area (TPSA) is 35.6 Å². The van der Waals surface area contributed by atoms with Crippen LogP contribution >= 0.6 is 0 Å². The summed E-state index contributed by atoms with van der Waals surface area (Å²) in [6, 6.07) is 64.9. The van der Waals surface area contributed by atoms with Gasteiger partial charge in [-0.05, 0) is 65.4 Å². The summed E-state index contributed by atoms with van der Waals surface area (Å²) in [5.41, 5.74) is 11.0. The van der Waals surface area contributed by atoms with E-state index in [-0.39, 0.29) is 0 Å². The number of fused-ring (bicyclic) bond motifs is 9. The van der Waals surface area contributed by atoms with Gasteiger partial charge in [0.15, 0.2) is 5.82 Å². The van der Waals surface area contributed by atoms with E-state index in [1.54, 1.807) is 0 Å². The Hall–Kier alpha value is -7.04. The second-order valence-electron chi connectivity index (χ2n) is 13.4. The van der Waals surface area contributed by atoms with Crippen molar-refractivity contribution in [3.63, 3.8) is 0 Å². The van der Waals surface area contributed by atoms with E-state index in [1.165, 1.54) is 54.4 Å². The molecule has 3 heterocycles. The third-order valence-corrected chi connectivity index (χ3v) is 10.5. The molecule has 4 heteroatoms. The van der Waals surface area contributed by atoms with Crippen molar-refractivity contribution in [1.82, 2.24) is 19.1 Å². The van der Waals surface area contributed by atoms with E-state index in [0.717, 1.165) is 44.9 Å². The van der Waals surface area contributed by atoms with Crippen molar-refractivity contribution in [2.24, 2.45) is 0 Å². The quantitative estimate of drug-likeness (QED) is 0.188. The fourth-order valence-corrected chi connectivity index (χ4v) is 8.17. The molecule has 0 N–H and O–H groups in total. The molecule has 11 rings (SSSR count). The molecule has 11 aromatic rings. The van der Waals surface area contributed by atoms with Crippen LogP contribution in [0.1, 0.15) is 0 Å². The molecule has 4 nitrogen and oxygen atoms in total. The van der Waals surface area contributed by atoms with Gasteiger partial charge in [-0.15, -0.1) is 0 Å². The van der Waals surface area contributed by atoms with Crippen molar-refractivity contribution in [3.05, 3.63) is 182 Å². The summed E-state index contributed by atoms with van der Waals surface area (Å²) in [5.74, 6) is 0.729. The number of aromatic nitrogens is 4. The molecule has 8 aromatic carbocycles. The van der Waals surface area contributed by atoms with E-state index in [2.05, 4.69) is 167 Å². The number of rotatable bonds is 4. The molecular weight excluding hydrogens is 633 g/mol. The summed E-state index contributed by atoms with van der Waals surface area (Å²) < 4.78 is 4.83. The second-order valence-corrected chi connectivity index (χ2v) is 13.4. The zero-order valence-corrected chi connectivity index (χ0v) is 28.1. The van der Waals surface area contributed by atoms with E-state index in [9.17, 15) is 0 Å². The molecule has 52 heavy (non-hydrogen) atoms. The van der Waals surface area contributed by atoms with Gasteiger partial charge in [0, 0.05) is 49.4 Å². The molecule has 0 fully saturated rings. The molecule has 242 valence electrons. The summed E-state index contributed by atoms with van der Waals surface area (Å²) >= 11 is 0. The maximum Gasteiger partial charge on any atom is 0.160 e. The maximum absolute atomic E-state index is 5.12. The molecule has 0 radical (unpaired) electrons. The van der Waals surface area contributed by atoms with E-state index in [0.29, 0.717) is 0 Å². The van der Waals surface area contributed by atoms with E-state index in [1.807, 2.05) is 24.3 Å². The summed E-state index contributed by atoms with van der Waals surface area (Å²) in [6.45, 7) is 0. The molecule has 0 aliphatic carbocycles. The number of hydrogen-bond donors (Lipinski definition) is 0. The Morgan fingerprint density at radius 2 is 0.904 bits per heavy atom. The van der Waals surface area contributed by atoms with Crippen molar-refractivity contribution in [1.29, 1.82) is 0 Å². The largest absolute Gasteiger partial charge is 0.309 e. The first kappa shape index (κ1) is 28.8. The van der Waals surface area contributed by atoms with Crippen LogP contribution in [0.5, 0.6) is 0 Å². The van der Waals surface area contributed by atoms with Crippen molar-refractivity contribution in [2.75, 3.05) is 0 Å². The van der Waals surface area contributed by atoms with Crippen molar-refractivity contribution in [2.45, 2.75) is 0 Å². The Balaban J connectivity index is 1.12. The molecule has 0 aliphatic heterocycles. The first-order valence-electron chi connectivity index (χ1n) is 17.7. The minimum absolute atomic E-state index is 0.729.